The lowest BCUT2D eigenvalue weighted by atomic mass is 10.0. The van der Waals surface area contributed by atoms with Crippen molar-refractivity contribution in [1.82, 2.24) is 25.1 Å². The number of rotatable bonds is 9. The zero-order chi connectivity index (χ0) is 38.5. The molecule has 0 fully saturated rings. The van der Waals surface area contributed by atoms with E-state index in [4.69, 9.17) is 16.1 Å². The molecule has 0 saturated carbocycles. The van der Waals surface area contributed by atoms with E-state index in [0.717, 1.165) is 6.07 Å². The van der Waals surface area contributed by atoms with Crippen LogP contribution in [0.5, 0.6) is 5.75 Å². The van der Waals surface area contributed by atoms with Crippen LogP contribution in [-0.4, -0.2) is 56.1 Å². The fraction of sp³-hybridized carbons (Fsp3) is 0.0882. The number of azo groups is 1. The first kappa shape index (κ1) is 36.2. The Balaban J connectivity index is 1.30. The molecule has 0 amide bonds. The van der Waals surface area contributed by atoms with Crippen LogP contribution in [0, 0.1) is 20.8 Å². The molecule has 7 rings (SSSR count). The Labute approximate surface area is 311 Å². The maximum Gasteiger partial charge on any atom is 0.295 e. The molecular weight excluding hydrogens is 762 g/mol. The normalized spacial score (nSPS) is 12.2. The van der Waals surface area contributed by atoms with Crippen molar-refractivity contribution in [3.05, 3.63) is 95.0 Å². The molecule has 0 aliphatic rings. The number of benzene rings is 5. The molecule has 2 aromatic heterocycles. The van der Waals surface area contributed by atoms with Crippen LogP contribution in [0.1, 0.15) is 17.0 Å². The molecule has 0 radical (unpaired) electrons. The molecule has 0 spiro atoms. The average molecular weight is 788 g/mol. The van der Waals surface area contributed by atoms with Crippen LogP contribution < -0.4 is 10.6 Å². The Kier molecular flexibility index (Phi) is 9.19. The molecule has 5 aromatic carbocycles. The Hall–Kier alpha value is -6.12. The molecule has 20 heteroatoms. The van der Waals surface area contributed by atoms with E-state index in [1.165, 1.54) is 30.3 Å². The number of halogens is 1. The van der Waals surface area contributed by atoms with E-state index in [0.29, 0.717) is 39.3 Å². The van der Waals surface area contributed by atoms with Gasteiger partial charge >= 0.3 is 0 Å². The fourth-order valence-corrected chi connectivity index (χ4v) is 7.20. The van der Waals surface area contributed by atoms with Gasteiger partial charge in [0.1, 0.15) is 10.6 Å². The van der Waals surface area contributed by atoms with Gasteiger partial charge < -0.3 is 20.3 Å². The monoisotopic (exact) mass is 787 g/mol. The van der Waals surface area contributed by atoms with Crippen molar-refractivity contribution in [3.63, 3.8) is 0 Å². The van der Waals surface area contributed by atoms with Crippen LogP contribution in [0.4, 0.5) is 34.6 Å². The van der Waals surface area contributed by atoms with Crippen LogP contribution in [0.2, 0.25) is 5.28 Å². The number of aromatic hydroxyl groups is 1. The van der Waals surface area contributed by atoms with E-state index < -0.39 is 30.9 Å². The van der Waals surface area contributed by atoms with Gasteiger partial charge in [0, 0.05) is 10.8 Å². The molecule has 0 aliphatic carbocycles. The van der Waals surface area contributed by atoms with Crippen molar-refractivity contribution in [2.75, 3.05) is 10.6 Å². The Morgan fingerprint density at radius 3 is 2.17 bits per heavy atom. The zero-order valence-electron chi connectivity index (χ0n) is 28.1. The van der Waals surface area contributed by atoms with E-state index in [-0.39, 0.29) is 55.5 Å². The number of phenolic OH excluding ortho intramolecular Hbond substituents is 1. The summed E-state index contributed by atoms with van der Waals surface area (Å²) < 4.78 is 73.5. The summed E-state index contributed by atoms with van der Waals surface area (Å²) in [7, 11) is -9.23. The summed E-state index contributed by atoms with van der Waals surface area (Å²) >= 11 is 6.28. The molecule has 0 bridgehead atoms. The molecule has 7 aromatic rings. The van der Waals surface area contributed by atoms with Gasteiger partial charge in [-0.2, -0.15) is 41.9 Å². The van der Waals surface area contributed by atoms with Gasteiger partial charge in [-0.05, 0) is 96.7 Å². The maximum atomic E-state index is 12.3. The van der Waals surface area contributed by atoms with Crippen molar-refractivity contribution in [2.24, 2.45) is 10.2 Å². The number of anilines is 4. The zero-order valence-corrected chi connectivity index (χ0v) is 30.5. The summed E-state index contributed by atoms with van der Waals surface area (Å²) in [6.45, 7) is 4.99. The molecule has 0 unspecified atom stereocenters. The lowest BCUT2D eigenvalue weighted by Gasteiger charge is -2.15. The van der Waals surface area contributed by atoms with Crippen molar-refractivity contribution in [2.45, 2.75) is 30.6 Å². The van der Waals surface area contributed by atoms with E-state index in [1.807, 2.05) is 0 Å². The van der Waals surface area contributed by atoms with Crippen LogP contribution in [0.15, 0.2) is 97.3 Å². The summed E-state index contributed by atoms with van der Waals surface area (Å²) in [6.07, 6.45) is 0. The van der Waals surface area contributed by atoms with Gasteiger partial charge in [0.05, 0.1) is 27.5 Å². The second-order valence-corrected chi connectivity index (χ2v) is 15.0. The number of para-hydroxylation sites is 1. The number of hydrogen-bond acceptors (Lipinski definition) is 15. The summed E-state index contributed by atoms with van der Waals surface area (Å²) in [6, 6.07) is 18.2. The van der Waals surface area contributed by atoms with E-state index in [2.05, 4.69) is 46.0 Å². The molecule has 17 nitrogen and oxygen atoms in total. The Morgan fingerprint density at radius 2 is 1.48 bits per heavy atom. The van der Waals surface area contributed by atoms with Gasteiger partial charge in [-0.15, -0.1) is 5.11 Å². The Morgan fingerprint density at radius 1 is 0.759 bits per heavy atom. The third-order valence-corrected chi connectivity index (χ3v) is 10.1. The molecule has 274 valence electrons. The van der Waals surface area contributed by atoms with Gasteiger partial charge in [-0.3, -0.25) is 9.11 Å². The van der Waals surface area contributed by atoms with Gasteiger partial charge in [-0.1, -0.05) is 35.5 Å². The minimum absolute atomic E-state index is 0.0141. The molecule has 0 atom stereocenters. The number of hydrogen-bond donors (Lipinski definition) is 5. The number of aromatic nitrogens is 5. The largest absolute Gasteiger partial charge is 0.505 e. The number of phenols is 1. The van der Waals surface area contributed by atoms with Gasteiger partial charge in [0.2, 0.25) is 17.2 Å². The number of nitrogens with zero attached hydrogens (tertiary/aromatic N) is 7. The van der Waals surface area contributed by atoms with Crippen LogP contribution in [0.25, 0.3) is 33.0 Å². The molecule has 54 heavy (non-hydrogen) atoms. The standard InChI is InChI=1S/C34H26ClN9O8S2/c1-16-13-19-14-20(53(46,47)48)15-26(38-34-40-32(35)39-33(41-34)37-25-9-5-4-7-23(25)31-36-18(3)44-52-31)28(19)30(45)29(16)43-42-24-12-11-22-21(17(24)2)8-6-10-27(22)54(49,50)51/h4-15,45H,1-3H3,(H,46,47,48)(H,49,50,51)(H2,37,38,39,40,41). The predicted molar refractivity (Wildman–Crippen MR) is 199 cm³/mol. The van der Waals surface area contributed by atoms with Crippen LogP contribution in [0.3, 0.4) is 0 Å². The van der Waals surface area contributed by atoms with E-state index >= 15 is 0 Å². The number of aryl methyl sites for hydroxylation is 3. The highest BCUT2D eigenvalue weighted by Crippen LogP contribution is 2.44. The second-order valence-electron chi connectivity index (χ2n) is 11.9. The second kappa shape index (κ2) is 13.7. The van der Waals surface area contributed by atoms with Crippen molar-refractivity contribution >= 4 is 88.0 Å². The smallest absolute Gasteiger partial charge is 0.295 e. The minimum Gasteiger partial charge on any atom is -0.505 e. The quantitative estimate of drug-likeness (QED) is 0.0688. The first-order chi connectivity index (χ1) is 25.6. The van der Waals surface area contributed by atoms with Gasteiger partial charge in [0.15, 0.2) is 11.6 Å². The van der Waals surface area contributed by atoms with E-state index in [1.54, 1.807) is 57.2 Å². The highest BCUT2D eigenvalue weighted by molar-refractivity contribution is 7.86. The lowest BCUT2D eigenvalue weighted by Crippen LogP contribution is -2.06. The summed E-state index contributed by atoms with van der Waals surface area (Å²) in [5, 5.41) is 30.9. The summed E-state index contributed by atoms with van der Waals surface area (Å²) in [5.41, 5.74) is 2.26. The van der Waals surface area contributed by atoms with Gasteiger partial charge in [0.25, 0.3) is 26.1 Å². The average Bonchev–Trinajstić information content (AvgIpc) is 3.53. The SMILES string of the molecule is Cc1noc(-c2ccccc2Nc2nc(Cl)nc(Nc3cc(S(=O)(=O)O)cc4cc(C)c(N=Nc5ccc6c(S(=O)(=O)O)cccc6c5C)c(O)c34)n2)n1. The van der Waals surface area contributed by atoms with Crippen molar-refractivity contribution in [1.29, 1.82) is 0 Å². The highest BCUT2D eigenvalue weighted by Gasteiger charge is 2.22. The summed E-state index contributed by atoms with van der Waals surface area (Å²) in [5.74, 6) is 0.0607. The van der Waals surface area contributed by atoms with Crippen LogP contribution in [-0.2, 0) is 20.2 Å². The minimum atomic E-state index is -4.74. The van der Waals surface area contributed by atoms with Crippen molar-refractivity contribution in [3.8, 4) is 17.2 Å². The van der Waals surface area contributed by atoms with E-state index in [9.17, 15) is 31.0 Å². The number of nitrogens with one attached hydrogen (secondary N) is 2. The summed E-state index contributed by atoms with van der Waals surface area (Å²) in [4.78, 5) is 16.1. The third-order valence-electron chi connectivity index (χ3n) is 8.23. The number of fused-ring (bicyclic) bond motifs is 2. The molecular formula is C34H26ClN9O8S2. The molecule has 0 aliphatic heterocycles. The predicted octanol–water partition coefficient (Wildman–Crippen LogP) is 7.91. The first-order valence-corrected chi connectivity index (χ1v) is 18.9. The maximum absolute atomic E-state index is 12.3. The fourth-order valence-electron chi connectivity index (χ4n) is 5.79. The highest BCUT2D eigenvalue weighted by atomic mass is 35.5. The Bertz CT molecular complexity index is 2920. The third kappa shape index (κ3) is 7.13. The molecule has 2 heterocycles. The van der Waals surface area contributed by atoms with Crippen LogP contribution >= 0.6 is 11.6 Å². The lowest BCUT2D eigenvalue weighted by molar-refractivity contribution is 0.426. The molecule has 5 N–H and O–H groups in total. The van der Waals surface area contributed by atoms with Gasteiger partial charge in [-0.25, -0.2) is 0 Å². The molecule has 0 saturated heterocycles. The van der Waals surface area contributed by atoms with Crippen molar-refractivity contribution < 1.29 is 35.6 Å². The topological polar surface area (TPSA) is 255 Å². The first-order valence-electron chi connectivity index (χ1n) is 15.6.